The Hall–Kier alpha value is -4.61. The molecule has 0 saturated heterocycles. The summed E-state index contributed by atoms with van der Waals surface area (Å²) in [5.41, 5.74) is 1.83. The van der Waals surface area contributed by atoms with Crippen molar-refractivity contribution in [3.8, 4) is 11.8 Å². The topological polar surface area (TPSA) is 0 Å². The van der Waals surface area contributed by atoms with E-state index in [4.69, 9.17) is 12.8 Å². The molecule has 6 heteroatoms. The van der Waals surface area contributed by atoms with Gasteiger partial charge in [0.2, 0.25) is 0 Å². The van der Waals surface area contributed by atoms with Crippen LogP contribution in [-0.4, -0.2) is 16.1 Å². The van der Waals surface area contributed by atoms with E-state index in [0.29, 0.717) is 0 Å². The van der Waals surface area contributed by atoms with Gasteiger partial charge in [-0.05, 0) is 71.4 Å². The van der Waals surface area contributed by atoms with Crippen molar-refractivity contribution in [3.05, 3.63) is 242 Å². The van der Waals surface area contributed by atoms with E-state index >= 15 is 0 Å². The zero-order valence-corrected chi connectivity index (χ0v) is 45.4. The number of benzene rings is 9. The molecule has 0 heterocycles. The molecule has 9 aromatic carbocycles. The maximum absolute atomic E-state index is 7.39. The van der Waals surface area contributed by atoms with Crippen LogP contribution in [0.2, 0.25) is 39.3 Å². The maximum atomic E-state index is 7.39. The van der Waals surface area contributed by atoms with Crippen molar-refractivity contribution < 1.29 is 44.8 Å². The summed E-state index contributed by atoms with van der Waals surface area (Å²) in [6, 6.07) is 78.7. The molecule has 0 bridgehead atoms. The molecule has 0 fully saturated rings. The first-order valence-electron chi connectivity index (χ1n) is 21.9. The molecule has 9 rings (SSSR count). The van der Waals surface area contributed by atoms with E-state index < -0.39 is 32.0 Å². The molecule has 66 heavy (non-hydrogen) atoms. The van der Waals surface area contributed by atoms with Gasteiger partial charge >= 0.3 is 44.8 Å². The summed E-state index contributed by atoms with van der Waals surface area (Å²) in [5, 5.41) is 16.2. The second kappa shape index (κ2) is 24.4. The third-order valence-corrected chi connectivity index (χ3v) is 21.3. The molecule has 9 aromatic rings. The molecule has 0 saturated carbocycles. The Morgan fingerprint density at radius 1 is 0.333 bits per heavy atom. The smallest absolute Gasteiger partial charge is 0.366 e. The fourth-order valence-electron chi connectivity index (χ4n) is 7.99. The van der Waals surface area contributed by atoms with Gasteiger partial charge in [0.05, 0.1) is 16.1 Å². The zero-order valence-electron chi connectivity index (χ0n) is 38.4. The molecule has 0 radical (unpaired) electrons. The normalized spacial score (nSPS) is 10.9. The van der Waals surface area contributed by atoms with Gasteiger partial charge < -0.3 is 12.8 Å². The molecule has 0 aliphatic heterocycles. The van der Waals surface area contributed by atoms with Gasteiger partial charge in [-0.3, -0.25) is 11.8 Å². The van der Waals surface area contributed by atoms with Crippen LogP contribution in [0.25, 0.3) is 21.5 Å². The standard InChI is InChI=1S/C30H24P2.2C15H15Si.2Ag/c1-5-15-25(16-6-1)31(26-17-7-2-8-18-26)29-23-13-14-24-30(29)32(27-19-9-3-10-20-27)28-21-11-4-12-22-28;2*1-5-12-10-14(16(2,3)4)11-13-8-6-7-9-15(12)13;;/h1-24H;2*6-11H,2-4H3;;/q;2*-1;2*+1/p+2. The molecular formula is C60H56Ag2P2Si2+2. The predicted octanol–water partition coefficient (Wildman–Crippen LogP) is 11.3. The number of rotatable bonds is 8. The van der Waals surface area contributed by atoms with E-state index in [1.54, 1.807) is 0 Å². The van der Waals surface area contributed by atoms with Crippen LogP contribution >= 0.6 is 15.8 Å². The van der Waals surface area contributed by atoms with Crippen molar-refractivity contribution in [2.45, 2.75) is 39.3 Å². The number of hydrogen-bond donors (Lipinski definition) is 0. The number of fused-ring (bicyclic) bond motifs is 2. The van der Waals surface area contributed by atoms with E-state index in [1.807, 2.05) is 24.3 Å². The van der Waals surface area contributed by atoms with Crippen molar-refractivity contribution in [2.75, 3.05) is 0 Å². The molecule has 334 valence electrons. The van der Waals surface area contributed by atoms with Crippen LogP contribution in [-0.2, 0) is 44.8 Å². The summed E-state index contributed by atoms with van der Waals surface area (Å²) in [7, 11) is -4.92. The molecule has 0 atom stereocenters. The molecule has 0 N–H and O–H groups in total. The van der Waals surface area contributed by atoms with Gasteiger partial charge in [0.1, 0.15) is 47.7 Å². The minimum Gasteiger partial charge on any atom is -0.366 e. The third kappa shape index (κ3) is 13.1. The zero-order chi connectivity index (χ0) is 45.1. The Balaban J connectivity index is 0.000000203. The summed E-state index contributed by atoms with van der Waals surface area (Å²) >= 11 is 0. The minimum absolute atomic E-state index is 0. The summed E-state index contributed by atoms with van der Waals surface area (Å²) in [5.74, 6) is 5.11. The molecule has 0 unspecified atom stereocenters. The van der Waals surface area contributed by atoms with Gasteiger partial charge in [0, 0.05) is 0 Å². The van der Waals surface area contributed by atoms with Crippen LogP contribution in [0.5, 0.6) is 0 Å². The van der Waals surface area contributed by atoms with Crippen LogP contribution in [0.1, 0.15) is 11.1 Å². The van der Waals surface area contributed by atoms with E-state index in [0.717, 1.165) is 21.9 Å². The Morgan fingerprint density at radius 3 is 0.864 bits per heavy atom. The fourth-order valence-corrected chi connectivity index (χ4v) is 16.3. The molecule has 0 aliphatic rings. The molecular weight excluding hydrogens is 1050 g/mol. The quantitative estimate of drug-likeness (QED) is 0.0616. The van der Waals surface area contributed by atoms with Crippen molar-refractivity contribution >= 4 is 95.7 Å². The van der Waals surface area contributed by atoms with Gasteiger partial charge in [0.25, 0.3) is 0 Å². The molecule has 0 amide bonds. The van der Waals surface area contributed by atoms with Gasteiger partial charge in [-0.25, -0.2) is 0 Å². The summed E-state index contributed by atoms with van der Waals surface area (Å²) in [4.78, 5) is 0. The van der Waals surface area contributed by atoms with Gasteiger partial charge in [-0.15, -0.1) is 23.3 Å². The summed E-state index contributed by atoms with van der Waals surface area (Å²) in [6.45, 7) is 13.9. The molecule has 0 aromatic heterocycles. The van der Waals surface area contributed by atoms with Crippen LogP contribution in [0.3, 0.4) is 0 Å². The van der Waals surface area contributed by atoms with Crippen LogP contribution in [0.4, 0.5) is 0 Å². The molecule has 0 spiro atoms. The van der Waals surface area contributed by atoms with Crippen LogP contribution in [0, 0.1) is 24.7 Å². The second-order valence-electron chi connectivity index (χ2n) is 18.0. The van der Waals surface area contributed by atoms with Crippen molar-refractivity contribution in [1.82, 2.24) is 0 Å². The van der Waals surface area contributed by atoms with Gasteiger partial charge in [-0.1, -0.05) is 206 Å². The summed E-state index contributed by atoms with van der Waals surface area (Å²) in [6.07, 6.45) is 14.8. The maximum Gasteiger partial charge on any atom is 1.00 e. The first-order chi connectivity index (χ1) is 31.0. The van der Waals surface area contributed by atoms with Crippen LogP contribution in [0.15, 0.2) is 218 Å². The SMILES string of the molecule is [Ag+].[Ag+].[C-]#Cc1cc([Si](C)(C)C)cc2ccccc12.[C-]#Cc1cc([Si](C)(C)C)cc2ccccc12.c1ccc([PH+](c2ccccc2)c2ccccc2[PH+](c2ccccc2)c2ccccc2)cc1. The average molecular weight is 1110 g/mol. The Kier molecular flexibility index (Phi) is 19.4. The summed E-state index contributed by atoms with van der Waals surface area (Å²) < 4.78 is 0. The molecule has 0 nitrogen and oxygen atoms in total. The Labute approximate surface area is 430 Å². The number of hydrogen-bond acceptors (Lipinski definition) is 0. The Morgan fingerprint density at radius 2 is 0.591 bits per heavy atom. The fraction of sp³-hybridized carbons (Fsp3) is 0.100. The van der Waals surface area contributed by atoms with Crippen molar-refractivity contribution in [1.29, 1.82) is 0 Å². The average Bonchev–Trinajstić information content (AvgIpc) is 3.32. The first kappa shape index (κ1) is 52.4. The van der Waals surface area contributed by atoms with E-state index in [-0.39, 0.29) is 44.8 Å². The van der Waals surface area contributed by atoms with E-state index in [9.17, 15) is 0 Å². The third-order valence-electron chi connectivity index (χ3n) is 11.4. The molecule has 0 aliphatic carbocycles. The predicted molar refractivity (Wildman–Crippen MR) is 293 cm³/mol. The van der Waals surface area contributed by atoms with Crippen molar-refractivity contribution in [2.24, 2.45) is 0 Å². The first-order valence-corrected chi connectivity index (χ1v) is 31.9. The van der Waals surface area contributed by atoms with E-state index in [1.165, 1.54) is 53.0 Å². The largest absolute Gasteiger partial charge is 1.00 e. The monoisotopic (exact) mass is 1110 g/mol. The Bertz CT molecular complexity index is 2750. The minimum atomic E-state index is -1.32. The van der Waals surface area contributed by atoms with Gasteiger partial charge in [0.15, 0.2) is 0 Å². The van der Waals surface area contributed by atoms with Gasteiger partial charge in [-0.2, -0.15) is 0 Å². The van der Waals surface area contributed by atoms with E-state index in [2.05, 4.69) is 245 Å². The van der Waals surface area contributed by atoms with Crippen LogP contribution < -0.4 is 42.2 Å². The van der Waals surface area contributed by atoms with Crippen molar-refractivity contribution in [3.63, 3.8) is 0 Å². The second-order valence-corrected chi connectivity index (χ2v) is 33.0.